The second-order valence-corrected chi connectivity index (χ2v) is 22.1. The van der Waals surface area contributed by atoms with Crippen molar-refractivity contribution in [2.75, 3.05) is 10.8 Å². The van der Waals surface area contributed by atoms with Crippen LogP contribution in [0.5, 0.6) is 11.5 Å². The van der Waals surface area contributed by atoms with Crippen LogP contribution in [0.4, 0.5) is 4.39 Å². The summed E-state index contributed by atoms with van der Waals surface area (Å²) >= 11 is -2.90. The molecule has 2 heterocycles. The van der Waals surface area contributed by atoms with E-state index >= 15 is 0 Å². The van der Waals surface area contributed by atoms with Crippen LogP contribution in [0.2, 0.25) is 0 Å². The van der Waals surface area contributed by atoms with Crippen LogP contribution in [0.1, 0.15) is 5.56 Å². The van der Waals surface area contributed by atoms with Gasteiger partial charge in [0.2, 0.25) is 0 Å². The van der Waals surface area contributed by atoms with Crippen molar-refractivity contribution in [3.05, 3.63) is 84.4 Å². The Bertz CT molecular complexity index is 1650. The first-order chi connectivity index (χ1) is 18.6. The Morgan fingerprint density at radius 1 is 1.13 bits per heavy atom. The van der Waals surface area contributed by atoms with Crippen molar-refractivity contribution in [3.8, 4) is 28.1 Å². The van der Waals surface area contributed by atoms with Crippen LogP contribution >= 0.6 is 37.6 Å². The topological polar surface area (TPSA) is 169 Å². The molecule has 0 amide bonds. The molecule has 2 aromatic heterocycles. The Morgan fingerprint density at radius 3 is 2.49 bits per heavy atom. The van der Waals surface area contributed by atoms with Crippen molar-refractivity contribution in [2.45, 2.75) is 10.9 Å². The molecule has 16 heteroatoms. The summed E-state index contributed by atoms with van der Waals surface area (Å²) in [5.41, 5.74) is 0.330. The Hall–Kier alpha value is -3.00. The SMILES string of the molecule is N#Cc1ccc(OP(=O)(O)CI(N)S(=O)(=O)c2nnc(-c3ccc(OCC[n+]4ccccc4)cc3)s2)cc1F. The summed E-state index contributed by atoms with van der Waals surface area (Å²) in [4.78, 5) is 10.2. The third-order valence-electron chi connectivity index (χ3n) is 4.95. The van der Waals surface area contributed by atoms with Gasteiger partial charge < -0.3 is 0 Å². The minimum atomic E-state index is -4.56. The normalized spacial score (nSPS) is 13.2. The van der Waals surface area contributed by atoms with Gasteiger partial charge in [-0.3, -0.25) is 0 Å². The summed E-state index contributed by atoms with van der Waals surface area (Å²) in [5.74, 6) is -0.648. The van der Waals surface area contributed by atoms with E-state index < -0.39 is 43.3 Å². The molecule has 1 unspecified atom stereocenters. The molecule has 0 bridgehead atoms. The molecule has 1 atom stereocenters. The van der Waals surface area contributed by atoms with E-state index in [9.17, 15) is 22.3 Å². The van der Waals surface area contributed by atoms with Crippen molar-refractivity contribution in [1.82, 2.24) is 10.2 Å². The zero-order valence-electron chi connectivity index (χ0n) is 19.9. The number of nitrogens with zero attached hydrogens (tertiary/aromatic N) is 4. The second-order valence-electron chi connectivity index (χ2n) is 7.75. The van der Waals surface area contributed by atoms with Crippen LogP contribution in [0.25, 0.3) is 10.6 Å². The van der Waals surface area contributed by atoms with Gasteiger partial charge >= 0.3 is 204 Å². The summed E-state index contributed by atoms with van der Waals surface area (Å²) in [7, 11) is -8.75. The van der Waals surface area contributed by atoms with Gasteiger partial charge in [0.1, 0.15) is 0 Å². The molecule has 0 saturated carbocycles. The van der Waals surface area contributed by atoms with Crippen LogP contribution in [0.15, 0.2) is 77.4 Å². The molecule has 0 spiro atoms. The molecule has 0 aliphatic carbocycles. The maximum absolute atomic E-state index is 13.8. The third kappa shape index (κ3) is 7.56. The van der Waals surface area contributed by atoms with Crippen molar-refractivity contribution >= 4 is 44.6 Å². The Morgan fingerprint density at radius 2 is 1.82 bits per heavy atom. The third-order valence-corrected chi connectivity index (χ3v) is 21.9. The summed E-state index contributed by atoms with van der Waals surface area (Å²) < 4.78 is 69.7. The molecule has 204 valence electrons. The number of halogens is 2. The van der Waals surface area contributed by atoms with Crippen LogP contribution in [0, 0.1) is 17.1 Å². The molecule has 3 N–H and O–H groups in total. The predicted molar refractivity (Wildman–Crippen MR) is 149 cm³/mol. The zero-order valence-corrected chi connectivity index (χ0v) is 24.6. The van der Waals surface area contributed by atoms with Crippen LogP contribution in [-0.2, 0) is 18.1 Å². The zero-order chi connectivity index (χ0) is 28.0. The average molecular weight is 704 g/mol. The van der Waals surface area contributed by atoms with E-state index in [1.165, 1.54) is 0 Å². The van der Waals surface area contributed by atoms with Gasteiger partial charge in [0, 0.05) is 12.1 Å². The Balaban J connectivity index is 1.38. The van der Waals surface area contributed by atoms with Gasteiger partial charge in [-0.15, -0.1) is 0 Å². The number of nitrogens with two attached hydrogens (primary N) is 1. The van der Waals surface area contributed by atoms with Crippen molar-refractivity contribution < 1.29 is 36.1 Å². The molecule has 0 radical (unpaired) electrons. The summed E-state index contributed by atoms with van der Waals surface area (Å²) in [5, 5.41) is 16.8. The molecule has 39 heavy (non-hydrogen) atoms. The number of rotatable bonds is 11. The van der Waals surface area contributed by atoms with Crippen molar-refractivity contribution in [2.24, 2.45) is 3.95 Å². The number of hydrogen-bond acceptors (Lipinski definition) is 10. The van der Waals surface area contributed by atoms with E-state index in [4.69, 9.17) is 18.5 Å². The van der Waals surface area contributed by atoms with E-state index in [1.807, 2.05) is 35.2 Å². The minimum absolute atomic E-state index is 0.277. The fourth-order valence-electron chi connectivity index (χ4n) is 3.10. The molecule has 4 aromatic rings. The summed E-state index contributed by atoms with van der Waals surface area (Å²) in [6.45, 7) is 1.12. The number of aromatic nitrogens is 3. The van der Waals surface area contributed by atoms with Gasteiger partial charge in [-0.1, -0.05) is 6.07 Å². The first-order valence-electron chi connectivity index (χ1n) is 10.9. The van der Waals surface area contributed by atoms with Crippen LogP contribution < -0.4 is 17.8 Å². The molecule has 0 fully saturated rings. The number of benzene rings is 2. The van der Waals surface area contributed by atoms with E-state index in [-0.39, 0.29) is 15.7 Å². The Kier molecular flexibility index (Phi) is 9.26. The van der Waals surface area contributed by atoms with E-state index in [0.717, 1.165) is 29.5 Å². The number of nitriles is 1. The molecule has 2 aromatic carbocycles. The fraction of sp³-hybridized carbons (Fsp3) is 0.130. The molecular formula is C23H21FIN5O6PS2+. The molecule has 11 nitrogen and oxygen atoms in total. The number of alkyl halides is 1. The van der Waals surface area contributed by atoms with Crippen molar-refractivity contribution in [1.29, 1.82) is 5.26 Å². The van der Waals surface area contributed by atoms with Gasteiger partial charge in [0.25, 0.3) is 0 Å². The van der Waals surface area contributed by atoms with E-state index in [1.54, 1.807) is 30.3 Å². The average Bonchev–Trinajstić information content (AvgIpc) is 3.41. The predicted octanol–water partition coefficient (Wildman–Crippen LogP) is 3.87. The van der Waals surface area contributed by atoms with Crippen molar-refractivity contribution in [3.63, 3.8) is 0 Å². The molecule has 0 aliphatic heterocycles. The molecular weight excluding hydrogens is 683 g/mol. The monoisotopic (exact) mass is 704 g/mol. The molecule has 0 aliphatic rings. The number of ether oxygens (including phenoxy) is 1. The standard InChI is InChI=1S/C23H20FIN5O6PS2/c24-21-14-20(9-6-18(21)15-26)36-37(31,32)16-25(27)39(33,34)23-29-28-22(38-23)17-4-7-19(8-5-17)35-13-12-30-10-2-1-3-11-30/h1-11,14H,12-13,16,27H2/p+1. The van der Waals surface area contributed by atoms with Gasteiger partial charge in [-0.2, -0.15) is 0 Å². The fourth-order valence-corrected chi connectivity index (χ4v) is 18.8. The quantitative estimate of drug-likeness (QED) is 0.0584. The Labute approximate surface area is 233 Å². The van der Waals surface area contributed by atoms with Gasteiger partial charge in [-0.05, 0) is 0 Å². The van der Waals surface area contributed by atoms with Gasteiger partial charge in [0.15, 0.2) is 12.4 Å². The number of pyridine rings is 1. The first kappa shape index (κ1) is 29.0. The van der Waals surface area contributed by atoms with E-state index in [2.05, 4.69) is 10.2 Å². The van der Waals surface area contributed by atoms with Gasteiger partial charge in [0.05, 0.1) is 0 Å². The first-order valence-corrected chi connectivity index (χ1v) is 20.3. The summed E-state index contributed by atoms with van der Waals surface area (Å²) in [6, 6.07) is 17.3. The molecule has 0 saturated heterocycles. The second kappa shape index (κ2) is 12.5. The summed E-state index contributed by atoms with van der Waals surface area (Å²) in [6.07, 6.45) is 3.87. The number of hydrogen-bond donors (Lipinski definition) is 2. The van der Waals surface area contributed by atoms with E-state index in [0.29, 0.717) is 29.5 Å². The van der Waals surface area contributed by atoms with Crippen LogP contribution in [0.3, 0.4) is 0 Å². The van der Waals surface area contributed by atoms with Crippen LogP contribution in [-0.4, -0.2) is 34.3 Å². The van der Waals surface area contributed by atoms with Gasteiger partial charge in [-0.25, -0.2) is 0 Å². The maximum atomic E-state index is 13.8. The molecule has 4 rings (SSSR count).